The highest BCUT2D eigenvalue weighted by molar-refractivity contribution is 6.30. The molecule has 0 saturated heterocycles. The van der Waals surface area contributed by atoms with E-state index in [0.717, 1.165) is 22.8 Å². The number of carbonyl (C=O) groups is 1. The van der Waals surface area contributed by atoms with Gasteiger partial charge in [-0.05, 0) is 76.7 Å². The quantitative estimate of drug-likeness (QED) is 0.137. The van der Waals surface area contributed by atoms with E-state index in [1.165, 1.54) is 12.3 Å². The van der Waals surface area contributed by atoms with Gasteiger partial charge in [-0.25, -0.2) is 0 Å². The van der Waals surface area contributed by atoms with E-state index in [0.29, 0.717) is 39.5 Å². The molecule has 5 aromatic rings. The fourth-order valence-corrected chi connectivity index (χ4v) is 4.73. The van der Waals surface area contributed by atoms with Crippen molar-refractivity contribution in [3.8, 4) is 22.6 Å². The lowest BCUT2D eigenvalue weighted by Gasteiger charge is -2.17. The number of benzene rings is 4. The summed E-state index contributed by atoms with van der Waals surface area (Å²) in [4.78, 5) is 15.9. The van der Waals surface area contributed by atoms with Gasteiger partial charge >= 0.3 is 12.1 Å². The molecule has 1 heterocycles. The van der Waals surface area contributed by atoms with Crippen LogP contribution < -0.4 is 9.47 Å². The molecule has 0 spiro atoms. The number of halogens is 4. The maximum atomic E-state index is 13.9. The fraction of sp³-hybridized carbons (Fsp3) is 0.152. The molecule has 0 N–H and O–H groups in total. The predicted octanol–water partition coefficient (Wildman–Crippen LogP) is 9.06. The average Bonchev–Trinajstić information content (AvgIpc) is 2.96. The summed E-state index contributed by atoms with van der Waals surface area (Å²) in [6, 6.07) is 25.7. The minimum Gasteiger partial charge on any atom is -0.489 e. The number of rotatable bonds is 8. The second-order valence-electron chi connectivity index (χ2n) is 9.45. The topological polar surface area (TPSA) is 48.4 Å². The van der Waals surface area contributed by atoms with E-state index < -0.39 is 11.7 Å². The summed E-state index contributed by atoms with van der Waals surface area (Å²) in [6.45, 7) is 1.92. The Balaban J connectivity index is 1.52. The van der Waals surface area contributed by atoms with Crippen LogP contribution in [0.4, 0.5) is 13.2 Å². The third-order valence-electron chi connectivity index (χ3n) is 6.54. The average molecular weight is 576 g/mol. The molecule has 0 bridgehead atoms. The number of hydrogen-bond acceptors (Lipinski definition) is 4. The monoisotopic (exact) mass is 575 g/mol. The summed E-state index contributed by atoms with van der Waals surface area (Å²) in [5.74, 6) is 0.638. The highest BCUT2D eigenvalue weighted by Crippen LogP contribution is 2.39. The summed E-state index contributed by atoms with van der Waals surface area (Å²) in [5.41, 5.74) is 2.95. The van der Waals surface area contributed by atoms with Crippen LogP contribution >= 0.6 is 11.6 Å². The Hall–Kier alpha value is -4.36. The molecule has 0 radical (unpaired) electrons. The van der Waals surface area contributed by atoms with Crippen molar-refractivity contribution in [3.63, 3.8) is 0 Å². The molecule has 0 unspecified atom stereocenters. The summed E-state index contributed by atoms with van der Waals surface area (Å²) < 4.78 is 53.0. The van der Waals surface area contributed by atoms with Crippen LogP contribution in [0.1, 0.15) is 35.6 Å². The van der Waals surface area contributed by atoms with Crippen LogP contribution in [0.5, 0.6) is 11.5 Å². The highest BCUT2D eigenvalue weighted by Gasteiger charge is 2.33. The molecule has 8 heteroatoms. The minimum atomic E-state index is -4.55. The number of para-hydroxylation sites is 1. The molecule has 4 nitrogen and oxygen atoms in total. The van der Waals surface area contributed by atoms with Crippen LogP contribution in [-0.4, -0.2) is 11.0 Å². The van der Waals surface area contributed by atoms with Crippen molar-refractivity contribution in [2.75, 3.05) is 0 Å². The second kappa shape index (κ2) is 12.0. The van der Waals surface area contributed by atoms with Crippen LogP contribution in [0.15, 0.2) is 97.2 Å². The van der Waals surface area contributed by atoms with E-state index in [1.807, 2.05) is 24.3 Å². The summed E-state index contributed by atoms with van der Waals surface area (Å²) >= 11 is 6.05. The van der Waals surface area contributed by atoms with Gasteiger partial charge in [-0.1, -0.05) is 67.1 Å². The summed E-state index contributed by atoms with van der Waals surface area (Å²) in [7, 11) is 0. The van der Waals surface area contributed by atoms with Gasteiger partial charge in [0.1, 0.15) is 18.1 Å². The van der Waals surface area contributed by atoms with Crippen LogP contribution in [0, 0.1) is 0 Å². The standard InChI is InChI=1S/C33H25ClF3NO3/c1-2-30(39)41-27-9-3-6-22(17-27)20-40-26-8-4-7-23(18-26)31-24(16-21-12-14-25(34)15-13-21)19-38-32-28(31)10-5-11-29(32)33(35,36)37/h3-15,17-19H,2,16,20H2,1H3. The zero-order valence-corrected chi connectivity index (χ0v) is 22.8. The molecule has 0 aliphatic rings. The Morgan fingerprint density at radius 3 is 2.37 bits per heavy atom. The zero-order valence-electron chi connectivity index (χ0n) is 22.0. The molecule has 208 valence electrons. The van der Waals surface area contributed by atoms with Crippen LogP contribution in [-0.2, 0) is 24.0 Å². The fourth-order valence-electron chi connectivity index (χ4n) is 4.60. The molecule has 1 aromatic heterocycles. The molecule has 41 heavy (non-hydrogen) atoms. The number of ether oxygens (including phenoxy) is 2. The third-order valence-corrected chi connectivity index (χ3v) is 6.79. The summed E-state index contributed by atoms with van der Waals surface area (Å²) in [6.07, 6.45) is -2.33. The first kappa shape index (κ1) is 28.2. The number of esters is 1. The van der Waals surface area contributed by atoms with Gasteiger partial charge in [0.2, 0.25) is 0 Å². The highest BCUT2D eigenvalue weighted by atomic mass is 35.5. The van der Waals surface area contributed by atoms with Crippen molar-refractivity contribution in [2.45, 2.75) is 32.5 Å². The second-order valence-corrected chi connectivity index (χ2v) is 9.89. The maximum absolute atomic E-state index is 13.9. The lowest BCUT2D eigenvalue weighted by molar-refractivity contribution is -0.136. The number of aromatic nitrogens is 1. The van der Waals surface area contributed by atoms with Gasteiger partial charge in [-0.3, -0.25) is 9.78 Å². The van der Waals surface area contributed by atoms with Crippen molar-refractivity contribution < 1.29 is 27.4 Å². The van der Waals surface area contributed by atoms with Crippen LogP contribution in [0.25, 0.3) is 22.0 Å². The number of pyridine rings is 1. The lowest BCUT2D eigenvalue weighted by Crippen LogP contribution is -2.07. The van der Waals surface area contributed by atoms with E-state index >= 15 is 0 Å². The SMILES string of the molecule is CCC(=O)Oc1cccc(COc2cccc(-c3c(Cc4ccc(Cl)cc4)cnc4c(C(F)(F)F)cccc34)c2)c1. The molecule has 5 rings (SSSR count). The molecule has 0 fully saturated rings. The van der Waals surface area contributed by atoms with Gasteiger partial charge in [0.25, 0.3) is 0 Å². The molecule has 0 saturated carbocycles. The van der Waals surface area contributed by atoms with E-state index in [4.69, 9.17) is 21.1 Å². The molecule has 0 aliphatic heterocycles. The van der Waals surface area contributed by atoms with Crippen molar-refractivity contribution in [3.05, 3.63) is 124 Å². The van der Waals surface area contributed by atoms with Gasteiger partial charge in [0.15, 0.2) is 0 Å². The zero-order chi connectivity index (χ0) is 29.0. The van der Waals surface area contributed by atoms with E-state index in [1.54, 1.807) is 61.5 Å². The first-order valence-electron chi connectivity index (χ1n) is 13.0. The molecular formula is C33H25ClF3NO3. The number of carbonyl (C=O) groups excluding carboxylic acids is 1. The Morgan fingerprint density at radius 2 is 1.61 bits per heavy atom. The van der Waals surface area contributed by atoms with Gasteiger partial charge < -0.3 is 9.47 Å². The Bertz CT molecular complexity index is 1700. The Kier molecular flexibility index (Phi) is 8.26. The number of hydrogen-bond donors (Lipinski definition) is 0. The van der Waals surface area contributed by atoms with Crippen molar-refractivity contribution in [2.24, 2.45) is 0 Å². The van der Waals surface area contributed by atoms with Gasteiger partial charge in [-0.15, -0.1) is 0 Å². The lowest BCUT2D eigenvalue weighted by atomic mass is 9.92. The summed E-state index contributed by atoms with van der Waals surface area (Å²) in [5, 5.41) is 0.994. The van der Waals surface area contributed by atoms with E-state index in [9.17, 15) is 18.0 Å². The molecule has 4 aromatic carbocycles. The van der Waals surface area contributed by atoms with Crippen LogP contribution in [0.3, 0.4) is 0 Å². The minimum absolute atomic E-state index is 0.111. The number of nitrogens with zero attached hydrogens (tertiary/aromatic N) is 1. The van der Waals surface area contributed by atoms with Crippen molar-refractivity contribution in [1.82, 2.24) is 4.98 Å². The molecule has 0 atom stereocenters. The van der Waals surface area contributed by atoms with E-state index in [-0.39, 0.29) is 24.5 Å². The van der Waals surface area contributed by atoms with Gasteiger partial charge in [0, 0.05) is 23.0 Å². The third kappa shape index (κ3) is 6.69. The number of fused-ring (bicyclic) bond motifs is 1. The normalized spacial score (nSPS) is 11.4. The van der Waals surface area contributed by atoms with Gasteiger partial charge in [0.05, 0.1) is 11.1 Å². The molecule has 0 aliphatic carbocycles. The largest absolute Gasteiger partial charge is 0.489 e. The van der Waals surface area contributed by atoms with E-state index in [2.05, 4.69) is 4.98 Å². The molecule has 0 amide bonds. The smallest absolute Gasteiger partial charge is 0.418 e. The van der Waals surface area contributed by atoms with Crippen molar-refractivity contribution in [1.29, 1.82) is 0 Å². The first-order valence-corrected chi connectivity index (χ1v) is 13.3. The van der Waals surface area contributed by atoms with Crippen molar-refractivity contribution >= 4 is 28.5 Å². The molecular weight excluding hydrogens is 551 g/mol. The van der Waals surface area contributed by atoms with Crippen LogP contribution in [0.2, 0.25) is 5.02 Å². The first-order chi connectivity index (χ1) is 19.7. The predicted molar refractivity (Wildman–Crippen MR) is 153 cm³/mol. The Morgan fingerprint density at radius 1 is 0.878 bits per heavy atom. The maximum Gasteiger partial charge on any atom is 0.418 e. The van der Waals surface area contributed by atoms with Gasteiger partial charge in [-0.2, -0.15) is 13.2 Å². The number of alkyl halides is 3. The Labute approximate surface area is 240 Å².